The van der Waals surface area contributed by atoms with Gasteiger partial charge in [0.05, 0.1) is 6.10 Å². The van der Waals surface area contributed by atoms with Crippen molar-refractivity contribution in [2.24, 2.45) is 0 Å². The third kappa shape index (κ3) is 0.944. The Labute approximate surface area is 56.1 Å². The van der Waals surface area contributed by atoms with E-state index in [9.17, 15) is 0 Å². The molecule has 0 radical (unpaired) electrons. The minimum absolute atomic E-state index is 0.199. The van der Waals surface area contributed by atoms with Crippen molar-refractivity contribution in [3.05, 3.63) is 12.3 Å². The Bertz CT molecular complexity index is 133. The molecule has 1 aliphatic rings. The monoisotopic (exact) mass is 127 g/mol. The molecule has 0 aromatic heterocycles. The molecule has 0 amide bonds. The summed E-state index contributed by atoms with van der Waals surface area (Å²) in [6, 6.07) is 0. The SMILES string of the molecule is C=C1C(C)OC(C)N1C. The van der Waals surface area contributed by atoms with Crippen molar-refractivity contribution in [2.75, 3.05) is 7.05 Å². The summed E-state index contributed by atoms with van der Waals surface area (Å²) in [5.74, 6) is 0. The van der Waals surface area contributed by atoms with Crippen LogP contribution in [0.1, 0.15) is 13.8 Å². The second-order valence-corrected chi connectivity index (χ2v) is 2.48. The van der Waals surface area contributed by atoms with Crippen molar-refractivity contribution in [1.82, 2.24) is 4.90 Å². The van der Waals surface area contributed by atoms with Gasteiger partial charge in [-0.25, -0.2) is 0 Å². The number of likely N-dealkylation sites (N-methyl/N-ethyl adjacent to an activating group) is 1. The average molecular weight is 127 g/mol. The number of hydrogen-bond donors (Lipinski definition) is 0. The van der Waals surface area contributed by atoms with Crippen LogP contribution in [0.5, 0.6) is 0 Å². The minimum atomic E-state index is 0.199. The lowest BCUT2D eigenvalue weighted by molar-refractivity contribution is 0.0287. The van der Waals surface area contributed by atoms with Crippen LogP contribution in [0.15, 0.2) is 12.3 Å². The van der Waals surface area contributed by atoms with Gasteiger partial charge in [-0.3, -0.25) is 0 Å². The molecular weight excluding hydrogens is 114 g/mol. The van der Waals surface area contributed by atoms with Gasteiger partial charge in [0.1, 0.15) is 6.23 Å². The van der Waals surface area contributed by atoms with Crippen molar-refractivity contribution in [3.63, 3.8) is 0 Å². The van der Waals surface area contributed by atoms with Gasteiger partial charge in [0.2, 0.25) is 0 Å². The Morgan fingerprint density at radius 2 is 2.11 bits per heavy atom. The zero-order chi connectivity index (χ0) is 7.02. The van der Waals surface area contributed by atoms with Crippen molar-refractivity contribution < 1.29 is 4.74 Å². The van der Waals surface area contributed by atoms with Crippen molar-refractivity contribution >= 4 is 0 Å². The molecule has 0 aliphatic carbocycles. The van der Waals surface area contributed by atoms with Gasteiger partial charge >= 0.3 is 0 Å². The number of nitrogens with zero attached hydrogens (tertiary/aromatic N) is 1. The molecule has 2 unspecified atom stereocenters. The molecule has 0 spiro atoms. The molecule has 0 bridgehead atoms. The normalized spacial score (nSPS) is 35.9. The highest BCUT2D eigenvalue weighted by Gasteiger charge is 2.25. The molecule has 0 saturated carbocycles. The molecule has 0 N–H and O–H groups in total. The smallest absolute Gasteiger partial charge is 0.127 e. The first kappa shape index (κ1) is 6.62. The van der Waals surface area contributed by atoms with Gasteiger partial charge in [0, 0.05) is 12.7 Å². The summed E-state index contributed by atoms with van der Waals surface area (Å²) in [6.07, 6.45) is 0.400. The van der Waals surface area contributed by atoms with Gasteiger partial charge in [0.15, 0.2) is 0 Å². The minimum Gasteiger partial charge on any atom is -0.351 e. The topological polar surface area (TPSA) is 12.5 Å². The predicted octanol–water partition coefficient (Wildman–Crippen LogP) is 1.20. The van der Waals surface area contributed by atoms with Crippen LogP contribution in [-0.4, -0.2) is 24.3 Å². The van der Waals surface area contributed by atoms with Crippen LogP contribution in [-0.2, 0) is 4.74 Å². The predicted molar refractivity (Wildman–Crippen MR) is 36.9 cm³/mol. The lowest BCUT2D eigenvalue weighted by Gasteiger charge is -2.14. The van der Waals surface area contributed by atoms with Crippen molar-refractivity contribution in [3.8, 4) is 0 Å². The van der Waals surface area contributed by atoms with Crippen LogP contribution in [0.25, 0.3) is 0 Å². The highest BCUT2D eigenvalue weighted by atomic mass is 16.5. The summed E-state index contributed by atoms with van der Waals surface area (Å²) in [5.41, 5.74) is 1.07. The van der Waals surface area contributed by atoms with Crippen LogP contribution >= 0.6 is 0 Å². The molecule has 2 atom stereocenters. The van der Waals surface area contributed by atoms with Crippen LogP contribution in [0, 0.1) is 0 Å². The molecule has 1 aliphatic heterocycles. The van der Waals surface area contributed by atoms with Gasteiger partial charge in [-0.15, -0.1) is 0 Å². The van der Waals surface area contributed by atoms with E-state index < -0.39 is 0 Å². The van der Waals surface area contributed by atoms with E-state index in [1.165, 1.54) is 0 Å². The fourth-order valence-electron chi connectivity index (χ4n) is 0.986. The first-order valence-corrected chi connectivity index (χ1v) is 3.20. The van der Waals surface area contributed by atoms with E-state index in [0.29, 0.717) is 0 Å². The Morgan fingerprint density at radius 1 is 1.56 bits per heavy atom. The quantitative estimate of drug-likeness (QED) is 0.484. The number of rotatable bonds is 0. The standard InChI is InChI=1S/C7H13NO/c1-5-6(2)9-7(3)8(5)4/h6-7H,1H2,2-4H3. The van der Waals surface area contributed by atoms with E-state index in [0.717, 1.165) is 5.70 Å². The van der Waals surface area contributed by atoms with Gasteiger partial charge in [-0.2, -0.15) is 0 Å². The highest BCUT2D eigenvalue weighted by molar-refractivity contribution is 5.03. The summed E-state index contributed by atoms with van der Waals surface area (Å²) >= 11 is 0. The van der Waals surface area contributed by atoms with Crippen LogP contribution in [0.4, 0.5) is 0 Å². The lowest BCUT2D eigenvalue weighted by Crippen LogP contribution is -2.20. The Kier molecular flexibility index (Phi) is 1.49. The molecule has 2 heteroatoms. The Morgan fingerprint density at radius 3 is 2.22 bits per heavy atom. The molecule has 1 rings (SSSR count). The summed E-state index contributed by atoms with van der Waals surface area (Å²) < 4.78 is 5.41. The highest BCUT2D eigenvalue weighted by Crippen LogP contribution is 2.21. The lowest BCUT2D eigenvalue weighted by atomic mass is 10.3. The summed E-state index contributed by atoms with van der Waals surface area (Å²) in [4.78, 5) is 2.05. The van der Waals surface area contributed by atoms with Gasteiger partial charge in [-0.05, 0) is 13.8 Å². The first-order valence-electron chi connectivity index (χ1n) is 3.20. The second-order valence-electron chi connectivity index (χ2n) is 2.48. The summed E-state index contributed by atoms with van der Waals surface area (Å²) in [5, 5.41) is 0. The van der Waals surface area contributed by atoms with Crippen molar-refractivity contribution in [2.45, 2.75) is 26.2 Å². The second kappa shape index (κ2) is 2.03. The van der Waals surface area contributed by atoms with E-state index in [2.05, 4.69) is 6.58 Å². The molecule has 1 fully saturated rings. The molecular formula is C7H13NO. The third-order valence-electron chi connectivity index (χ3n) is 1.87. The van der Waals surface area contributed by atoms with Gasteiger partial charge in [0.25, 0.3) is 0 Å². The van der Waals surface area contributed by atoms with Crippen molar-refractivity contribution in [1.29, 1.82) is 0 Å². The number of hydrogen-bond acceptors (Lipinski definition) is 2. The third-order valence-corrected chi connectivity index (χ3v) is 1.87. The van der Waals surface area contributed by atoms with Crippen LogP contribution in [0.3, 0.4) is 0 Å². The van der Waals surface area contributed by atoms with E-state index in [4.69, 9.17) is 4.74 Å². The zero-order valence-electron chi connectivity index (χ0n) is 6.22. The first-order chi connectivity index (χ1) is 4.13. The Balaban J connectivity index is 2.65. The molecule has 1 saturated heterocycles. The van der Waals surface area contributed by atoms with Crippen LogP contribution in [0.2, 0.25) is 0 Å². The maximum Gasteiger partial charge on any atom is 0.127 e. The van der Waals surface area contributed by atoms with Gasteiger partial charge < -0.3 is 9.64 Å². The van der Waals surface area contributed by atoms with E-state index >= 15 is 0 Å². The van der Waals surface area contributed by atoms with Gasteiger partial charge in [-0.1, -0.05) is 6.58 Å². The fourth-order valence-corrected chi connectivity index (χ4v) is 0.986. The van der Waals surface area contributed by atoms with E-state index in [-0.39, 0.29) is 12.3 Å². The molecule has 52 valence electrons. The molecule has 1 heterocycles. The fraction of sp³-hybridized carbons (Fsp3) is 0.714. The largest absolute Gasteiger partial charge is 0.351 e. The summed E-state index contributed by atoms with van der Waals surface area (Å²) in [7, 11) is 2.00. The number of ether oxygens (including phenoxy) is 1. The molecule has 0 aromatic carbocycles. The van der Waals surface area contributed by atoms with E-state index in [1.54, 1.807) is 0 Å². The maximum absolute atomic E-state index is 5.41. The molecule has 0 aromatic rings. The average Bonchev–Trinajstić information content (AvgIpc) is 1.98. The van der Waals surface area contributed by atoms with E-state index in [1.807, 2.05) is 25.8 Å². The Hall–Kier alpha value is -0.500. The summed E-state index contributed by atoms with van der Waals surface area (Å²) in [6.45, 7) is 7.91. The zero-order valence-corrected chi connectivity index (χ0v) is 6.22. The van der Waals surface area contributed by atoms with Crippen LogP contribution < -0.4 is 0 Å². The molecule has 9 heavy (non-hydrogen) atoms. The maximum atomic E-state index is 5.41. The molecule has 2 nitrogen and oxygen atoms in total.